The summed E-state index contributed by atoms with van der Waals surface area (Å²) in [6, 6.07) is 0.649. The Morgan fingerprint density at radius 2 is 1.69 bits per heavy atom. The van der Waals surface area contributed by atoms with E-state index in [1.165, 1.54) is 12.8 Å². The van der Waals surface area contributed by atoms with E-state index in [1.54, 1.807) is 0 Å². The molecule has 0 aliphatic heterocycles. The maximum Gasteiger partial charge on any atom is 0.0515 e. The van der Waals surface area contributed by atoms with E-state index < -0.39 is 0 Å². The van der Waals surface area contributed by atoms with Gasteiger partial charge in [0, 0.05) is 6.04 Å². The fraction of sp³-hybridized carbons (Fsp3) is 1.00. The average Bonchev–Trinajstić information content (AvgIpc) is 2.05. The van der Waals surface area contributed by atoms with Crippen LogP contribution in [0.25, 0.3) is 0 Å². The van der Waals surface area contributed by atoms with Gasteiger partial charge in [0.1, 0.15) is 0 Å². The molecule has 0 aromatic rings. The van der Waals surface area contributed by atoms with Crippen LogP contribution in [0.4, 0.5) is 0 Å². The molecule has 0 rings (SSSR count). The predicted molar refractivity (Wildman–Crippen MR) is 57.8 cm³/mol. The van der Waals surface area contributed by atoms with Gasteiger partial charge in [-0.25, -0.2) is 0 Å². The van der Waals surface area contributed by atoms with Gasteiger partial charge in [-0.3, -0.25) is 0 Å². The molecule has 2 N–H and O–H groups in total. The summed E-state index contributed by atoms with van der Waals surface area (Å²) in [6.45, 7) is 9.48. The van der Waals surface area contributed by atoms with Crippen LogP contribution in [0.2, 0.25) is 0 Å². The minimum Gasteiger partial charge on any atom is -0.393 e. The zero-order valence-corrected chi connectivity index (χ0v) is 9.51. The van der Waals surface area contributed by atoms with Crippen molar-refractivity contribution < 1.29 is 5.11 Å². The van der Waals surface area contributed by atoms with E-state index in [9.17, 15) is 5.11 Å². The van der Waals surface area contributed by atoms with Crippen LogP contribution in [-0.4, -0.2) is 23.8 Å². The number of nitrogens with one attached hydrogen (secondary N) is 1. The van der Waals surface area contributed by atoms with Gasteiger partial charge in [-0.1, -0.05) is 20.8 Å². The maximum atomic E-state index is 9.17. The molecule has 0 aromatic carbocycles. The summed E-state index contributed by atoms with van der Waals surface area (Å²) in [4.78, 5) is 0. The lowest BCUT2D eigenvalue weighted by Crippen LogP contribution is -2.32. The first-order valence-electron chi connectivity index (χ1n) is 5.51. The molecule has 0 aliphatic carbocycles. The average molecular weight is 187 g/mol. The summed E-state index contributed by atoms with van der Waals surface area (Å²) in [7, 11) is 0. The molecule has 2 heteroatoms. The molecule has 0 heterocycles. The first-order valence-corrected chi connectivity index (χ1v) is 5.51. The van der Waals surface area contributed by atoms with Gasteiger partial charge in [-0.2, -0.15) is 0 Å². The molecule has 0 aromatic heterocycles. The molecule has 0 saturated heterocycles. The summed E-state index contributed by atoms with van der Waals surface area (Å²) >= 11 is 0. The van der Waals surface area contributed by atoms with E-state index >= 15 is 0 Å². The van der Waals surface area contributed by atoms with Crippen LogP contribution in [0.5, 0.6) is 0 Å². The fourth-order valence-corrected chi connectivity index (χ4v) is 1.61. The Labute approximate surface area is 82.7 Å². The summed E-state index contributed by atoms with van der Waals surface area (Å²) in [5, 5.41) is 12.7. The van der Waals surface area contributed by atoms with Gasteiger partial charge in [-0.05, 0) is 38.6 Å². The third kappa shape index (κ3) is 7.03. The lowest BCUT2D eigenvalue weighted by Gasteiger charge is -2.19. The third-order valence-electron chi connectivity index (χ3n) is 2.48. The van der Waals surface area contributed by atoms with E-state index in [4.69, 9.17) is 0 Å². The molecular weight excluding hydrogens is 162 g/mol. The van der Waals surface area contributed by atoms with Crippen LogP contribution in [-0.2, 0) is 0 Å². The van der Waals surface area contributed by atoms with Crippen molar-refractivity contribution in [1.82, 2.24) is 5.32 Å². The van der Waals surface area contributed by atoms with Crippen molar-refractivity contribution in [1.29, 1.82) is 0 Å². The Morgan fingerprint density at radius 1 is 1.15 bits per heavy atom. The highest BCUT2D eigenvalue weighted by atomic mass is 16.3. The molecule has 0 radical (unpaired) electrons. The van der Waals surface area contributed by atoms with Crippen molar-refractivity contribution in [3.05, 3.63) is 0 Å². The SMILES string of the molecule is CCC(CC)NCC(C)CC(C)O. The molecule has 0 spiro atoms. The highest BCUT2D eigenvalue weighted by Gasteiger charge is 2.08. The predicted octanol–water partition coefficient (Wildman–Crippen LogP) is 2.17. The second-order valence-electron chi connectivity index (χ2n) is 4.11. The molecular formula is C11H25NO. The molecule has 2 nitrogen and oxygen atoms in total. The van der Waals surface area contributed by atoms with Crippen molar-refractivity contribution in [3.63, 3.8) is 0 Å². The monoisotopic (exact) mass is 187 g/mol. The van der Waals surface area contributed by atoms with Crippen molar-refractivity contribution >= 4 is 0 Å². The Hall–Kier alpha value is -0.0800. The summed E-state index contributed by atoms with van der Waals surface area (Å²) in [5.41, 5.74) is 0. The van der Waals surface area contributed by atoms with E-state index in [-0.39, 0.29) is 6.10 Å². The molecule has 0 saturated carbocycles. The number of rotatable bonds is 7. The van der Waals surface area contributed by atoms with Gasteiger partial charge in [0.2, 0.25) is 0 Å². The van der Waals surface area contributed by atoms with Crippen LogP contribution < -0.4 is 5.32 Å². The van der Waals surface area contributed by atoms with Gasteiger partial charge >= 0.3 is 0 Å². The first-order chi connectivity index (χ1) is 6.10. The second kappa shape index (κ2) is 7.34. The Bertz CT molecular complexity index is 111. The van der Waals surface area contributed by atoms with Gasteiger partial charge in [-0.15, -0.1) is 0 Å². The van der Waals surface area contributed by atoms with Crippen molar-refractivity contribution in [2.75, 3.05) is 6.54 Å². The van der Waals surface area contributed by atoms with E-state index in [0.717, 1.165) is 13.0 Å². The minimum absolute atomic E-state index is 0.168. The molecule has 0 bridgehead atoms. The molecule has 2 atom stereocenters. The van der Waals surface area contributed by atoms with E-state index in [0.29, 0.717) is 12.0 Å². The summed E-state index contributed by atoms with van der Waals surface area (Å²) < 4.78 is 0. The molecule has 13 heavy (non-hydrogen) atoms. The molecule has 2 unspecified atom stereocenters. The third-order valence-corrected chi connectivity index (χ3v) is 2.48. The standard InChI is InChI=1S/C11H25NO/c1-5-11(6-2)12-8-9(3)7-10(4)13/h9-13H,5-8H2,1-4H3. The van der Waals surface area contributed by atoms with E-state index in [1.807, 2.05) is 6.92 Å². The van der Waals surface area contributed by atoms with Crippen LogP contribution in [0.1, 0.15) is 47.0 Å². The van der Waals surface area contributed by atoms with Crippen LogP contribution in [0.3, 0.4) is 0 Å². The zero-order valence-electron chi connectivity index (χ0n) is 9.51. The summed E-state index contributed by atoms with van der Waals surface area (Å²) in [6.07, 6.45) is 3.11. The van der Waals surface area contributed by atoms with Gasteiger partial charge in [0.15, 0.2) is 0 Å². The topological polar surface area (TPSA) is 32.3 Å². The van der Waals surface area contributed by atoms with E-state index in [2.05, 4.69) is 26.1 Å². The minimum atomic E-state index is -0.168. The lowest BCUT2D eigenvalue weighted by atomic mass is 10.0. The van der Waals surface area contributed by atoms with Crippen LogP contribution >= 0.6 is 0 Å². The number of hydrogen-bond donors (Lipinski definition) is 2. The van der Waals surface area contributed by atoms with Gasteiger partial charge in [0.05, 0.1) is 6.10 Å². The molecule has 0 fully saturated rings. The highest BCUT2D eigenvalue weighted by Crippen LogP contribution is 2.05. The van der Waals surface area contributed by atoms with Crippen molar-refractivity contribution in [3.8, 4) is 0 Å². The Kier molecular flexibility index (Phi) is 7.29. The molecule has 80 valence electrons. The van der Waals surface area contributed by atoms with Crippen LogP contribution in [0, 0.1) is 5.92 Å². The largest absolute Gasteiger partial charge is 0.393 e. The molecule has 0 amide bonds. The number of hydrogen-bond acceptors (Lipinski definition) is 2. The number of aliphatic hydroxyl groups excluding tert-OH is 1. The quantitative estimate of drug-likeness (QED) is 0.640. The first kappa shape index (κ1) is 12.9. The van der Waals surface area contributed by atoms with Gasteiger partial charge in [0.25, 0.3) is 0 Å². The normalized spacial score (nSPS) is 16.2. The smallest absolute Gasteiger partial charge is 0.0515 e. The van der Waals surface area contributed by atoms with Gasteiger partial charge < -0.3 is 10.4 Å². The molecule has 0 aliphatic rings. The Morgan fingerprint density at radius 3 is 2.08 bits per heavy atom. The Balaban J connectivity index is 3.49. The van der Waals surface area contributed by atoms with Crippen molar-refractivity contribution in [2.45, 2.75) is 59.1 Å². The van der Waals surface area contributed by atoms with Crippen LogP contribution in [0.15, 0.2) is 0 Å². The number of aliphatic hydroxyl groups is 1. The lowest BCUT2D eigenvalue weighted by molar-refractivity contribution is 0.162. The maximum absolute atomic E-state index is 9.17. The summed E-state index contributed by atoms with van der Waals surface area (Å²) in [5.74, 6) is 0.570. The van der Waals surface area contributed by atoms with Crippen molar-refractivity contribution in [2.24, 2.45) is 5.92 Å². The zero-order chi connectivity index (χ0) is 10.3. The fourth-order valence-electron chi connectivity index (χ4n) is 1.61. The highest BCUT2D eigenvalue weighted by molar-refractivity contribution is 4.66. The second-order valence-corrected chi connectivity index (χ2v) is 4.11.